The number of amides is 3. The summed E-state index contributed by atoms with van der Waals surface area (Å²) in [7, 11) is 0. The molecule has 0 aliphatic carbocycles. The van der Waals surface area contributed by atoms with Crippen molar-refractivity contribution in [3.05, 3.63) is 47.0 Å². The number of rotatable bonds is 6. The molecule has 1 aliphatic heterocycles. The Hall–Kier alpha value is -2.74. The minimum atomic E-state index is -0.882. The van der Waals surface area contributed by atoms with Gasteiger partial charge in [0.1, 0.15) is 6.04 Å². The van der Waals surface area contributed by atoms with Crippen molar-refractivity contribution < 1.29 is 14.4 Å². The Labute approximate surface area is 148 Å². The van der Waals surface area contributed by atoms with Gasteiger partial charge in [0, 0.05) is 18.3 Å². The van der Waals surface area contributed by atoms with Crippen LogP contribution in [0.5, 0.6) is 0 Å². The van der Waals surface area contributed by atoms with Gasteiger partial charge >= 0.3 is 0 Å². The fourth-order valence-electron chi connectivity index (χ4n) is 2.69. The van der Waals surface area contributed by atoms with Crippen LogP contribution in [0.4, 0.5) is 5.13 Å². The molecule has 0 spiro atoms. The highest BCUT2D eigenvalue weighted by Gasteiger charge is 2.25. The fraction of sp³-hybridized carbons (Fsp3) is 0.294. The lowest BCUT2D eigenvalue weighted by Crippen LogP contribution is -2.38. The van der Waals surface area contributed by atoms with E-state index in [9.17, 15) is 14.4 Å². The average molecular weight is 358 g/mol. The van der Waals surface area contributed by atoms with Crippen LogP contribution >= 0.6 is 11.3 Å². The Kier molecular flexibility index (Phi) is 5.08. The molecule has 3 rings (SSSR count). The van der Waals surface area contributed by atoms with E-state index in [1.807, 2.05) is 6.07 Å². The Morgan fingerprint density at radius 2 is 2.08 bits per heavy atom. The molecule has 1 aromatic carbocycles. The molecule has 3 N–H and O–H groups in total. The lowest BCUT2D eigenvalue weighted by molar-refractivity contribution is -0.127. The second kappa shape index (κ2) is 7.43. The lowest BCUT2D eigenvalue weighted by atomic mass is 10.1. The predicted molar refractivity (Wildman–Crippen MR) is 93.9 cm³/mol. The summed E-state index contributed by atoms with van der Waals surface area (Å²) >= 11 is 1.34. The number of hydrogen-bond acceptors (Lipinski definition) is 5. The van der Waals surface area contributed by atoms with Gasteiger partial charge in [-0.2, -0.15) is 0 Å². The first-order valence-electron chi connectivity index (χ1n) is 7.93. The Bertz CT molecular complexity index is 790. The number of primary amides is 1. The van der Waals surface area contributed by atoms with Gasteiger partial charge in [-0.25, -0.2) is 4.98 Å². The third kappa shape index (κ3) is 4.03. The van der Waals surface area contributed by atoms with Crippen LogP contribution in [0.3, 0.4) is 0 Å². The van der Waals surface area contributed by atoms with Gasteiger partial charge in [0.2, 0.25) is 17.7 Å². The predicted octanol–water partition coefficient (Wildman–Crippen LogP) is 1.16. The number of anilines is 1. The Morgan fingerprint density at radius 3 is 2.72 bits per heavy atom. The van der Waals surface area contributed by atoms with E-state index in [0.29, 0.717) is 29.4 Å². The summed E-state index contributed by atoms with van der Waals surface area (Å²) in [5.41, 5.74) is 6.59. The van der Waals surface area contributed by atoms with Crippen molar-refractivity contribution in [2.45, 2.75) is 25.3 Å². The summed E-state index contributed by atoms with van der Waals surface area (Å²) in [6.07, 6.45) is 1.38. The van der Waals surface area contributed by atoms with Gasteiger partial charge in [-0.05, 0) is 12.0 Å². The van der Waals surface area contributed by atoms with Crippen LogP contribution in [0.1, 0.15) is 30.1 Å². The number of nitrogens with two attached hydrogens (primary N) is 1. The molecule has 1 aliphatic rings. The van der Waals surface area contributed by atoms with Crippen molar-refractivity contribution in [3.8, 4) is 0 Å². The number of carbonyl (C=O) groups is 3. The zero-order chi connectivity index (χ0) is 17.8. The van der Waals surface area contributed by atoms with E-state index in [0.717, 1.165) is 6.42 Å². The summed E-state index contributed by atoms with van der Waals surface area (Å²) in [6, 6.07) is 7.95. The van der Waals surface area contributed by atoms with Crippen molar-refractivity contribution in [1.82, 2.24) is 10.3 Å². The number of thiazole rings is 1. The van der Waals surface area contributed by atoms with Crippen molar-refractivity contribution in [1.29, 1.82) is 0 Å². The molecular formula is C17H18N4O3S. The Morgan fingerprint density at radius 1 is 1.32 bits per heavy atom. The average Bonchev–Trinajstić information content (AvgIpc) is 3.22. The molecule has 1 atom stereocenters. The molecule has 0 bridgehead atoms. The zero-order valence-electron chi connectivity index (χ0n) is 13.5. The molecule has 1 fully saturated rings. The van der Waals surface area contributed by atoms with Gasteiger partial charge in [-0.1, -0.05) is 30.3 Å². The number of hydrogen-bond donors (Lipinski definition) is 2. The molecular weight excluding hydrogens is 340 g/mol. The minimum absolute atomic E-state index is 0.0230. The topological polar surface area (TPSA) is 105 Å². The molecule has 1 unspecified atom stereocenters. The van der Waals surface area contributed by atoms with Crippen molar-refractivity contribution >= 4 is 34.2 Å². The lowest BCUT2D eigenvalue weighted by Gasteiger charge is -2.15. The molecule has 130 valence electrons. The van der Waals surface area contributed by atoms with Crippen LogP contribution in [0, 0.1) is 0 Å². The number of aromatic nitrogens is 1. The molecule has 1 aromatic heterocycles. The van der Waals surface area contributed by atoms with E-state index in [1.54, 1.807) is 34.5 Å². The highest BCUT2D eigenvalue weighted by molar-refractivity contribution is 7.14. The maximum absolute atomic E-state index is 12.3. The third-order valence-corrected chi connectivity index (χ3v) is 4.82. The number of nitrogens with zero attached hydrogens (tertiary/aromatic N) is 2. The molecule has 25 heavy (non-hydrogen) atoms. The maximum atomic E-state index is 12.3. The van der Waals surface area contributed by atoms with Crippen LogP contribution < -0.4 is 16.0 Å². The molecule has 8 heteroatoms. The summed E-state index contributed by atoms with van der Waals surface area (Å²) < 4.78 is 0. The standard InChI is InChI=1S/C17H18N4O3S/c18-16(24)15(11-5-2-1-3-6-11)20-13(22)9-12-10-25-17(19-12)21-8-4-7-14(21)23/h1-3,5-6,10,15H,4,7-9H2,(H2,18,24)(H,20,22). The van der Waals surface area contributed by atoms with E-state index >= 15 is 0 Å². The highest BCUT2D eigenvalue weighted by atomic mass is 32.1. The summed E-state index contributed by atoms with van der Waals surface area (Å²) in [5.74, 6) is -0.915. The Balaban J connectivity index is 1.65. The maximum Gasteiger partial charge on any atom is 0.244 e. The second-order valence-corrected chi connectivity index (χ2v) is 6.60. The third-order valence-electron chi connectivity index (χ3n) is 3.91. The molecule has 3 amide bonds. The normalized spacial score (nSPS) is 15.2. The van der Waals surface area contributed by atoms with Gasteiger partial charge < -0.3 is 11.1 Å². The molecule has 2 aromatic rings. The zero-order valence-corrected chi connectivity index (χ0v) is 14.3. The summed E-state index contributed by atoms with van der Waals surface area (Å²) in [4.78, 5) is 41.7. The van der Waals surface area contributed by atoms with E-state index < -0.39 is 11.9 Å². The fourth-order valence-corrected chi connectivity index (χ4v) is 3.56. The first-order chi connectivity index (χ1) is 12.0. The highest BCUT2D eigenvalue weighted by Crippen LogP contribution is 2.25. The van der Waals surface area contributed by atoms with Crippen LogP contribution in [0.15, 0.2) is 35.7 Å². The van der Waals surface area contributed by atoms with Crippen molar-refractivity contribution in [3.63, 3.8) is 0 Å². The van der Waals surface area contributed by atoms with E-state index in [1.165, 1.54) is 11.3 Å². The molecule has 2 heterocycles. The van der Waals surface area contributed by atoms with Crippen LogP contribution in [-0.2, 0) is 20.8 Å². The van der Waals surface area contributed by atoms with Gasteiger partial charge in [-0.15, -0.1) is 11.3 Å². The van der Waals surface area contributed by atoms with Crippen LogP contribution in [0.2, 0.25) is 0 Å². The second-order valence-electron chi connectivity index (χ2n) is 5.76. The van der Waals surface area contributed by atoms with Gasteiger partial charge in [0.25, 0.3) is 0 Å². The summed E-state index contributed by atoms with van der Waals surface area (Å²) in [5, 5.41) is 5.00. The number of benzene rings is 1. The molecule has 0 saturated carbocycles. The van der Waals surface area contributed by atoms with Gasteiger partial charge in [-0.3, -0.25) is 19.3 Å². The number of carbonyl (C=O) groups excluding carboxylic acids is 3. The molecule has 7 nitrogen and oxygen atoms in total. The van der Waals surface area contributed by atoms with Gasteiger partial charge in [0.15, 0.2) is 5.13 Å². The van der Waals surface area contributed by atoms with E-state index in [2.05, 4.69) is 10.3 Å². The van der Waals surface area contributed by atoms with Crippen molar-refractivity contribution in [2.24, 2.45) is 5.73 Å². The van der Waals surface area contributed by atoms with Crippen LogP contribution in [-0.4, -0.2) is 29.3 Å². The quantitative estimate of drug-likeness (QED) is 0.808. The van der Waals surface area contributed by atoms with Crippen molar-refractivity contribution in [2.75, 3.05) is 11.4 Å². The smallest absolute Gasteiger partial charge is 0.244 e. The molecule has 0 radical (unpaired) electrons. The molecule has 1 saturated heterocycles. The van der Waals surface area contributed by atoms with Crippen LogP contribution in [0.25, 0.3) is 0 Å². The minimum Gasteiger partial charge on any atom is -0.368 e. The first kappa shape index (κ1) is 17.1. The largest absolute Gasteiger partial charge is 0.368 e. The van der Waals surface area contributed by atoms with E-state index in [4.69, 9.17) is 5.73 Å². The SMILES string of the molecule is NC(=O)C(NC(=O)Cc1csc(N2CCCC2=O)n1)c1ccccc1. The number of nitrogens with one attached hydrogen (secondary N) is 1. The van der Waals surface area contributed by atoms with Gasteiger partial charge in [0.05, 0.1) is 12.1 Å². The van der Waals surface area contributed by atoms with E-state index in [-0.39, 0.29) is 18.2 Å². The summed E-state index contributed by atoms with van der Waals surface area (Å²) in [6.45, 7) is 0.662. The first-order valence-corrected chi connectivity index (χ1v) is 8.81. The monoisotopic (exact) mass is 358 g/mol.